The first-order chi connectivity index (χ1) is 11.5. The second-order valence-corrected chi connectivity index (χ2v) is 8.93. The lowest BCUT2D eigenvalue weighted by Crippen LogP contribution is -2.05. The zero-order valence-corrected chi connectivity index (χ0v) is 15.4. The lowest BCUT2D eigenvalue weighted by molar-refractivity contribution is 0.496. The van der Waals surface area contributed by atoms with Crippen LogP contribution in [0, 0.1) is 0 Å². The third-order valence-electron chi connectivity index (χ3n) is 3.55. The van der Waals surface area contributed by atoms with Gasteiger partial charge < -0.3 is 5.32 Å². The quantitative estimate of drug-likeness (QED) is 0.602. The second-order valence-electron chi connectivity index (χ2n) is 5.27. The number of allylic oxidation sites excluding steroid dienone is 3. The Morgan fingerprint density at radius 3 is 2.62 bits per heavy atom. The summed E-state index contributed by atoms with van der Waals surface area (Å²) in [7, 11) is -3.01. The van der Waals surface area contributed by atoms with E-state index >= 15 is 0 Å². The average Bonchev–Trinajstić information content (AvgIpc) is 3.03. The van der Waals surface area contributed by atoms with Gasteiger partial charge in [-0.25, -0.2) is 0 Å². The van der Waals surface area contributed by atoms with Crippen LogP contribution in [0.5, 0.6) is 0 Å². The molecular formula is C16H18ClN3O2S2. The molecule has 0 spiro atoms. The molecule has 128 valence electrons. The van der Waals surface area contributed by atoms with Crippen molar-refractivity contribution in [2.24, 2.45) is 0 Å². The molecule has 0 saturated carbocycles. The summed E-state index contributed by atoms with van der Waals surface area (Å²) in [4.78, 5) is 0.986. The first-order valence-corrected chi connectivity index (χ1v) is 10.3. The van der Waals surface area contributed by atoms with Crippen molar-refractivity contribution in [1.82, 2.24) is 10.2 Å². The van der Waals surface area contributed by atoms with E-state index in [9.17, 15) is 9.11 Å². The van der Waals surface area contributed by atoms with Crippen molar-refractivity contribution >= 4 is 44.3 Å². The third-order valence-corrected chi connectivity index (χ3v) is 6.74. The Hall–Kier alpha value is -1.38. The van der Waals surface area contributed by atoms with Crippen molar-refractivity contribution in [2.75, 3.05) is 5.32 Å². The minimum atomic E-state index is -3.01. The molecule has 0 radical (unpaired) electrons. The number of anilines is 2. The monoisotopic (exact) mass is 383 g/mol. The molecule has 1 aliphatic carbocycles. The Bertz CT molecular complexity index is 772. The van der Waals surface area contributed by atoms with Gasteiger partial charge in [0.15, 0.2) is 0 Å². The van der Waals surface area contributed by atoms with E-state index in [-0.39, 0.29) is 5.38 Å². The highest BCUT2D eigenvalue weighted by Crippen LogP contribution is 2.56. The van der Waals surface area contributed by atoms with Crippen molar-refractivity contribution in [3.8, 4) is 0 Å². The van der Waals surface area contributed by atoms with Crippen LogP contribution < -0.4 is 5.32 Å². The number of rotatable bonds is 5. The van der Waals surface area contributed by atoms with Gasteiger partial charge >= 0.3 is 0 Å². The Morgan fingerprint density at radius 1 is 1.29 bits per heavy atom. The van der Waals surface area contributed by atoms with E-state index in [0.29, 0.717) is 16.2 Å². The van der Waals surface area contributed by atoms with Gasteiger partial charge in [0.2, 0.25) is 5.13 Å². The number of benzene rings is 1. The number of hydrogen-bond acceptors (Lipinski definition) is 6. The predicted molar refractivity (Wildman–Crippen MR) is 102 cm³/mol. The summed E-state index contributed by atoms with van der Waals surface area (Å²) < 4.78 is 21.1. The Kier molecular flexibility index (Phi) is 5.27. The van der Waals surface area contributed by atoms with Crippen LogP contribution in [-0.2, 0) is 6.42 Å². The second kappa shape index (κ2) is 7.25. The van der Waals surface area contributed by atoms with Gasteiger partial charge in [-0.15, -0.1) is 32.4 Å². The first-order valence-electron chi connectivity index (χ1n) is 7.49. The molecule has 5 nitrogen and oxygen atoms in total. The van der Waals surface area contributed by atoms with Crippen LogP contribution >= 0.6 is 33.5 Å². The summed E-state index contributed by atoms with van der Waals surface area (Å²) in [6, 6.07) is 7.02. The maximum atomic E-state index is 10.5. The van der Waals surface area contributed by atoms with Gasteiger partial charge in [0, 0.05) is 5.69 Å². The van der Waals surface area contributed by atoms with Crippen LogP contribution in [0.3, 0.4) is 0 Å². The Labute approximate surface area is 151 Å². The van der Waals surface area contributed by atoms with Crippen LogP contribution in [0.2, 0.25) is 0 Å². The summed E-state index contributed by atoms with van der Waals surface area (Å²) >= 11 is 7.49. The molecule has 1 aliphatic rings. The summed E-state index contributed by atoms with van der Waals surface area (Å²) in [5.41, 5.74) is 0.821. The number of halogens is 1. The van der Waals surface area contributed by atoms with E-state index in [4.69, 9.17) is 11.6 Å². The number of hydrogen-bond donors (Lipinski definition) is 3. The molecule has 3 N–H and O–H groups in total. The van der Waals surface area contributed by atoms with E-state index in [1.807, 2.05) is 6.92 Å². The van der Waals surface area contributed by atoms with Crippen molar-refractivity contribution in [1.29, 1.82) is 0 Å². The third kappa shape index (κ3) is 3.81. The molecule has 1 aromatic carbocycles. The van der Waals surface area contributed by atoms with E-state index in [1.165, 1.54) is 11.3 Å². The lowest BCUT2D eigenvalue weighted by atomic mass is 10.2. The molecule has 1 heterocycles. The highest BCUT2D eigenvalue weighted by molar-refractivity contribution is 8.27. The first kappa shape index (κ1) is 17.4. The minimum absolute atomic E-state index is 0.0876. The fourth-order valence-corrected chi connectivity index (χ4v) is 4.47. The van der Waals surface area contributed by atoms with E-state index in [2.05, 4.69) is 15.5 Å². The highest BCUT2D eigenvalue weighted by atomic mass is 35.5. The van der Waals surface area contributed by atoms with Crippen molar-refractivity contribution in [3.63, 3.8) is 0 Å². The summed E-state index contributed by atoms with van der Waals surface area (Å²) in [6.45, 7) is 2.03. The standard InChI is InChI=1S/C16H18ClN3O2S2/c1-2-15-19-20-16(23-15)18-12-5-9-14(10-6-12)24(21,22)13-7-3-11(17)4-8-13/h3,5-11,21-22H,2,4H2,1H3,(H,18,20). The van der Waals surface area contributed by atoms with Crippen molar-refractivity contribution < 1.29 is 9.11 Å². The molecule has 0 bridgehead atoms. The lowest BCUT2D eigenvalue weighted by Gasteiger charge is -2.35. The van der Waals surface area contributed by atoms with Gasteiger partial charge in [0.25, 0.3) is 0 Å². The SMILES string of the molecule is CCc1nnc(Nc2ccc(S(O)(O)C3=CCC(Cl)C=C3)cc2)s1. The number of aromatic nitrogens is 2. The van der Waals surface area contributed by atoms with Gasteiger partial charge in [0.1, 0.15) is 5.01 Å². The summed E-state index contributed by atoms with van der Waals surface area (Å²) in [5, 5.41) is 12.9. The van der Waals surface area contributed by atoms with E-state index in [1.54, 1.807) is 42.5 Å². The summed E-state index contributed by atoms with van der Waals surface area (Å²) in [6.07, 6.45) is 6.70. The number of nitrogens with one attached hydrogen (secondary N) is 1. The molecule has 2 aromatic rings. The Morgan fingerprint density at radius 2 is 2.04 bits per heavy atom. The molecule has 0 aliphatic heterocycles. The zero-order chi connectivity index (χ0) is 17.2. The topological polar surface area (TPSA) is 78.3 Å². The van der Waals surface area contributed by atoms with Gasteiger partial charge in [-0.2, -0.15) is 0 Å². The van der Waals surface area contributed by atoms with Crippen molar-refractivity contribution in [3.05, 3.63) is 52.4 Å². The maximum absolute atomic E-state index is 10.5. The van der Waals surface area contributed by atoms with Crippen LogP contribution in [0.25, 0.3) is 0 Å². The molecule has 8 heteroatoms. The Balaban J connectivity index is 1.75. The fraction of sp³-hybridized carbons (Fsp3) is 0.250. The number of alkyl halides is 1. The number of aryl methyl sites for hydroxylation is 1. The maximum Gasteiger partial charge on any atom is 0.210 e. The zero-order valence-electron chi connectivity index (χ0n) is 13.0. The van der Waals surface area contributed by atoms with Crippen molar-refractivity contribution in [2.45, 2.75) is 30.0 Å². The summed E-state index contributed by atoms with van der Waals surface area (Å²) in [5.74, 6) is 0. The van der Waals surface area contributed by atoms with Crippen LogP contribution in [-0.4, -0.2) is 24.7 Å². The van der Waals surface area contributed by atoms with E-state index < -0.39 is 10.6 Å². The molecule has 1 atom stereocenters. The van der Waals surface area contributed by atoms with Crippen LogP contribution in [0.1, 0.15) is 18.4 Å². The molecule has 1 aromatic heterocycles. The smallest absolute Gasteiger partial charge is 0.210 e. The molecule has 0 amide bonds. The fourth-order valence-electron chi connectivity index (χ4n) is 2.22. The minimum Gasteiger partial charge on any atom is -0.330 e. The van der Waals surface area contributed by atoms with Gasteiger partial charge in [-0.3, -0.25) is 9.11 Å². The normalized spacial score (nSPS) is 18.3. The van der Waals surface area contributed by atoms with Crippen LogP contribution in [0.4, 0.5) is 10.8 Å². The van der Waals surface area contributed by atoms with Gasteiger partial charge in [0.05, 0.1) is 15.2 Å². The highest BCUT2D eigenvalue weighted by Gasteiger charge is 2.22. The molecule has 0 fully saturated rings. The molecule has 0 saturated heterocycles. The van der Waals surface area contributed by atoms with E-state index in [0.717, 1.165) is 22.2 Å². The molecule has 24 heavy (non-hydrogen) atoms. The van der Waals surface area contributed by atoms with Gasteiger partial charge in [-0.1, -0.05) is 30.4 Å². The predicted octanol–water partition coefficient (Wildman–Crippen LogP) is 5.40. The molecule has 1 unspecified atom stereocenters. The van der Waals surface area contributed by atoms with Crippen LogP contribution in [0.15, 0.2) is 52.3 Å². The number of nitrogens with zero attached hydrogens (tertiary/aromatic N) is 2. The largest absolute Gasteiger partial charge is 0.330 e. The average molecular weight is 384 g/mol. The van der Waals surface area contributed by atoms with Gasteiger partial charge in [-0.05, 0) is 43.2 Å². The molecule has 3 rings (SSSR count). The molecular weight excluding hydrogens is 366 g/mol.